The van der Waals surface area contributed by atoms with Gasteiger partial charge in [-0.15, -0.1) is 0 Å². The van der Waals surface area contributed by atoms with Gasteiger partial charge in [0.25, 0.3) is 0 Å². The summed E-state index contributed by atoms with van der Waals surface area (Å²) in [6, 6.07) is 74.5. The number of hydrogen-bond acceptors (Lipinski definition) is 4. The van der Waals surface area contributed by atoms with Crippen LogP contribution in [-0.4, -0.2) is 27.0 Å². The molecule has 12 aromatic rings. The molecule has 7 heteroatoms. The van der Waals surface area contributed by atoms with Gasteiger partial charge < -0.3 is 9.64 Å². The van der Waals surface area contributed by atoms with Crippen molar-refractivity contribution in [2.75, 3.05) is 4.90 Å². The molecule has 5 heterocycles. The molecule has 6 nitrogen and oxygen atoms in total. The Kier molecular flexibility index (Phi) is 7.82. The summed E-state index contributed by atoms with van der Waals surface area (Å²) in [6.07, 6.45) is 5.79. The third-order valence-corrected chi connectivity index (χ3v) is 17.8. The van der Waals surface area contributed by atoms with Gasteiger partial charge in [0, 0.05) is 68.5 Å². The van der Waals surface area contributed by atoms with Crippen LogP contribution in [0.25, 0.3) is 54.9 Å². The Balaban J connectivity index is 1.09. The molecule has 296 valence electrons. The molecule has 0 saturated heterocycles. The summed E-state index contributed by atoms with van der Waals surface area (Å²) in [5.74, 6) is 1.47. The van der Waals surface area contributed by atoms with Crippen LogP contribution in [0.15, 0.2) is 225 Å². The van der Waals surface area contributed by atoms with E-state index >= 15 is 0 Å². The summed E-state index contributed by atoms with van der Waals surface area (Å²) >= 11 is 0. The van der Waals surface area contributed by atoms with Gasteiger partial charge in [-0.3, -0.25) is 8.97 Å². The Morgan fingerprint density at radius 1 is 0.429 bits per heavy atom. The lowest BCUT2D eigenvalue weighted by Gasteiger charge is -2.45. The minimum Gasteiger partial charge on any atom is -0.457 e. The van der Waals surface area contributed by atoms with Crippen molar-refractivity contribution in [3.05, 3.63) is 225 Å². The first kappa shape index (κ1) is 35.5. The number of anilines is 3. The zero-order valence-corrected chi connectivity index (χ0v) is 35.0. The standard InChI is InChI=1S/C56H37N5OSi/c1-4-16-38(17-5-1)60-50-27-12-13-28-52(50)63(42-20-6-2-7-21-42,43-22-8-3-9-23-43)54-51(60)32-31-46-47-25-15-33-57-56(47)61(53(46)54)39-18-14-19-40(36-39)62-41-29-30-44-45-24-10-11-26-49(45)59-35-34-58-55(59)48(44)37-41/h1-37H. The summed E-state index contributed by atoms with van der Waals surface area (Å²) < 4.78 is 11.4. The molecule has 0 spiro atoms. The fourth-order valence-electron chi connectivity index (χ4n) is 10.4. The zero-order valence-electron chi connectivity index (χ0n) is 34.0. The molecule has 0 aliphatic carbocycles. The van der Waals surface area contributed by atoms with Crippen LogP contribution in [0.4, 0.5) is 17.1 Å². The van der Waals surface area contributed by atoms with E-state index in [1.54, 1.807) is 0 Å². The molecule has 63 heavy (non-hydrogen) atoms. The summed E-state index contributed by atoms with van der Waals surface area (Å²) in [7, 11) is -3.11. The highest BCUT2D eigenvalue weighted by Gasteiger charge is 2.50. The van der Waals surface area contributed by atoms with Gasteiger partial charge in [-0.25, -0.2) is 9.97 Å². The van der Waals surface area contributed by atoms with Crippen LogP contribution >= 0.6 is 0 Å². The van der Waals surface area contributed by atoms with E-state index < -0.39 is 8.07 Å². The molecule has 0 unspecified atom stereocenters. The Hall–Kier alpha value is -8.26. The molecule has 8 aromatic carbocycles. The average molecular weight is 824 g/mol. The van der Waals surface area contributed by atoms with E-state index in [0.29, 0.717) is 0 Å². The van der Waals surface area contributed by atoms with E-state index in [1.807, 2.05) is 24.7 Å². The maximum Gasteiger partial charge on any atom is 0.186 e. The second-order valence-electron chi connectivity index (χ2n) is 16.2. The second-order valence-corrected chi connectivity index (χ2v) is 19.9. The molecule has 13 rings (SSSR count). The third kappa shape index (κ3) is 5.17. The highest BCUT2D eigenvalue weighted by Crippen LogP contribution is 2.43. The van der Waals surface area contributed by atoms with Crippen molar-refractivity contribution in [3.63, 3.8) is 0 Å². The van der Waals surface area contributed by atoms with Crippen LogP contribution in [0.3, 0.4) is 0 Å². The molecule has 4 aromatic heterocycles. The molecule has 1 aliphatic heterocycles. The van der Waals surface area contributed by atoms with Crippen LogP contribution in [0.1, 0.15) is 0 Å². The molecular weight excluding hydrogens is 787 g/mol. The summed E-state index contributed by atoms with van der Waals surface area (Å²) in [5.41, 5.74) is 8.51. The molecule has 0 N–H and O–H groups in total. The first-order chi connectivity index (χ1) is 31.3. The highest BCUT2D eigenvalue weighted by atomic mass is 28.3. The fraction of sp³-hybridized carbons (Fsp3) is 0. The van der Waals surface area contributed by atoms with Gasteiger partial charge in [-0.05, 0) is 93.7 Å². The Bertz CT molecular complexity index is 3690. The first-order valence-corrected chi connectivity index (χ1v) is 23.3. The summed E-state index contributed by atoms with van der Waals surface area (Å²) in [4.78, 5) is 12.4. The first-order valence-electron chi connectivity index (χ1n) is 21.3. The Morgan fingerprint density at radius 3 is 1.92 bits per heavy atom. The van der Waals surface area contributed by atoms with Gasteiger partial charge in [0.15, 0.2) is 8.07 Å². The minimum atomic E-state index is -3.11. The number of ether oxygens (including phenoxy) is 1. The lowest BCUT2D eigenvalue weighted by Crippen LogP contribution is -2.77. The quantitative estimate of drug-likeness (QED) is 0.124. The predicted octanol–water partition coefficient (Wildman–Crippen LogP) is 11.1. The molecule has 1 aliphatic rings. The number of benzene rings is 8. The number of imidazole rings is 1. The fourth-order valence-corrected chi connectivity index (χ4v) is 15.7. The van der Waals surface area contributed by atoms with E-state index in [2.05, 4.69) is 214 Å². The number of nitrogens with zero attached hydrogens (tertiary/aromatic N) is 5. The molecule has 0 radical (unpaired) electrons. The lowest BCUT2D eigenvalue weighted by atomic mass is 10.1. The van der Waals surface area contributed by atoms with Crippen molar-refractivity contribution in [1.29, 1.82) is 0 Å². The zero-order chi connectivity index (χ0) is 41.5. The van der Waals surface area contributed by atoms with Crippen LogP contribution in [0, 0.1) is 0 Å². The molecule has 0 fully saturated rings. The highest BCUT2D eigenvalue weighted by molar-refractivity contribution is 7.22. The van der Waals surface area contributed by atoms with E-state index in [0.717, 1.165) is 72.4 Å². The normalized spacial score (nSPS) is 13.2. The topological polar surface area (TPSA) is 47.6 Å². The Labute approximate surface area is 364 Å². The predicted molar refractivity (Wildman–Crippen MR) is 261 cm³/mol. The van der Waals surface area contributed by atoms with Crippen molar-refractivity contribution in [2.45, 2.75) is 0 Å². The molecule has 0 saturated carbocycles. The molecule has 0 bridgehead atoms. The second kappa shape index (κ2) is 13.9. The van der Waals surface area contributed by atoms with Crippen LogP contribution in [-0.2, 0) is 0 Å². The Morgan fingerprint density at radius 2 is 1.10 bits per heavy atom. The van der Waals surface area contributed by atoms with Gasteiger partial charge in [0.05, 0.1) is 16.7 Å². The lowest BCUT2D eigenvalue weighted by molar-refractivity contribution is 0.483. The van der Waals surface area contributed by atoms with Crippen LogP contribution in [0.5, 0.6) is 11.5 Å². The smallest absolute Gasteiger partial charge is 0.186 e. The molecular formula is C56H37N5OSi. The number of pyridine rings is 2. The molecule has 0 atom stereocenters. The van der Waals surface area contributed by atoms with Gasteiger partial charge in [-0.2, -0.15) is 0 Å². The van der Waals surface area contributed by atoms with E-state index in [9.17, 15) is 0 Å². The van der Waals surface area contributed by atoms with Crippen LogP contribution in [0.2, 0.25) is 0 Å². The number of aromatic nitrogens is 4. The third-order valence-electron chi connectivity index (χ3n) is 12.9. The van der Waals surface area contributed by atoms with Gasteiger partial charge in [-0.1, -0.05) is 127 Å². The average Bonchev–Trinajstić information content (AvgIpc) is 3.99. The maximum absolute atomic E-state index is 6.83. The van der Waals surface area contributed by atoms with Crippen molar-refractivity contribution < 1.29 is 4.74 Å². The molecule has 0 amide bonds. The maximum atomic E-state index is 6.83. The summed E-state index contributed by atoms with van der Waals surface area (Å²) in [6.45, 7) is 0. The van der Waals surface area contributed by atoms with Gasteiger partial charge in [0.1, 0.15) is 22.8 Å². The van der Waals surface area contributed by atoms with E-state index in [4.69, 9.17) is 14.7 Å². The minimum absolute atomic E-state index is 0.730. The monoisotopic (exact) mass is 823 g/mol. The van der Waals surface area contributed by atoms with Gasteiger partial charge in [0.2, 0.25) is 0 Å². The van der Waals surface area contributed by atoms with Crippen molar-refractivity contribution in [1.82, 2.24) is 18.9 Å². The SMILES string of the molecule is c1ccc(N2c3ccccc3[Si](c3ccccc3)(c3ccccc3)c3c2ccc2c4cccnc4n(-c4cccc(Oc5ccc6c7ccccc7n7ccnc7c6c5)c4)c32)cc1. The van der Waals surface area contributed by atoms with Crippen molar-refractivity contribution >= 4 is 95.1 Å². The van der Waals surface area contributed by atoms with E-state index in [-0.39, 0.29) is 0 Å². The number of rotatable bonds is 6. The van der Waals surface area contributed by atoms with Crippen molar-refractivity contribution in [2.24, 2.45) is 0 Å². The number of fused-ring (bicyclic) bond motifs is 12. The van der Waals surface area contributed by atoms with Crippen LogP contribution < -0.4 is 30.4 Å². The summed E-state index contributed by atoms with van der Waals surface area (Å²) in [5, 5.41) is 10.9. The van der Waals surface area contributed by atoms with Crippen molar-refractivity contribution in [3.8, 4) is 17.2 Å². The largest absolute Gasteiger partial charge is 0.457 e. The van der Waals surface area contributed by atoms with Gasteiger partial charge >= 0.3 is 0 Å². The number of hydrogen-bond donors (Lipinski definition) is 0. The number of para-hydroxylation sites is 3. The van der Waals surface area contributed by atoms with E-state index in [1.165, 1.54) is 31.8 Å².